The zero-order valence-electron chi connectivity index (χ0n) is 8.84. The summed E-state index contributed by atoms with van der Waals surface area (Å²) < 4.78 is 1.06. The fraction of sp³-hybridized carbons (Fsp3) is 0.600. The van der Waals surface area contributed by atoms with E-state index in [1.54, 1.807) is 0 Å². The third kappa shape index (κ3) is 3.77. The van der Waals surface area contributed by atoms with Gasteiger partial charge in [-0.15, -0.1) is 0 Å². The molecule has 0 aromatic carbocycles. The monoisotopic (exact) mass is 305 g/mol. The number of hydrogen-bond acceptors (Lipinski definition) is 3. The van der Waals surface area contributed by atoms with Crippen molar-refractivity contribution < 1.29 is 0 Å². The first-order chi connectivity index (χ1) is 6.53. The van der Waals surface area contributed by atoms with Crippen LogP contribution in [0.15, 0.2) is 12.4 Å². The van der Waals surface area contributed by atoms with E-state index in [9.17, 15) is 0 Å². The number of aromatic nitrogens is 2. The number of halogens is 1. The van der Waals surface area contributed by atoms with Gasteiger partial charge in [-0.3, -0.25) is 0 Å². The quantitative estimate of drug-likeness (QED) is 0.869. The van der Waals surface area contributed by atoms with Gasteiger partial charge in [0.1, 0.15) is 0 Å². The molecule has 0 amide bonds. The molecule has 1 aromatic rings. The van der Waals surface area contributed by atoms with Gasteiger partial charge in [0.25, 0.3) is 0 Å². The molecule has 0 saturated carbocycles. The average Bonchev–Trinajstić information content (AvgIpc) is 2.08. The first kappa shape index (κ1) is 11.7. The fourth-order valence-electron chi connectivity index (χ4n) is 1.37. The van der Waals surface area contributed by atoms with Crippen LogP contribution in [0.1, 0.15) is 33.6 Å². The van der Waals surface area contributed by atoms with Crippen molar-refractivity contribution in [3.05, 3.63) is 16.0 Å². The summed E-state index contributed by atoms with van der Waals surface area (Å²) in [6.07, 6.45) is 5.91. The summed E-state index contributed by atoms with van der Waals surface area (Å²) in [5.41, 5.74) is 0.0710. The van der Waals surface area contributed by atoms with E-state index in [-0.39, 0.29) is 5.54 Å². The van der Waals surface area contributed by atoms with Crippen LogP contribution in [-0.2, 0) is 0 Å². The van der Waals surface area contributed by atoms with Crippen LogP contribution in [0, 0.1) is 3.57 Å². The minimum absolute atomic E-state index is 0.0710. The second kappa shape index (κ2) is 4.91. The van der Waals surface area contributed by atoms with Crippen LogP contribution in [0.2, 0.25) is 0 Å². The highest BCUT2D eigenvalue weighted by atomic mass is 127. The topological polar surface area (TPSA) is 37.8 Å². The van der Waals surface area contributed by atoms with Crippen molar-refractivity contribution in [2.24, 2.45) is 0 Å². The number of nitrogens with one attached hydrogen (secondary N) is 1. The number of rotatable bonds is 4. The highest BCUT2D eigenvalue weighted by molar-refractivity contribution is 14.1. The van der Waals surface area contributed by atoms with Crippen LogP contribution < -0.4 is 5.32 Å². The molecular formula is C10H16IN3. The Labute approximate surface area is 98.9 Å². The summed E-state index contributed by atoms with van der Waals surface area (Å²) in [7, 11) is 0. The average molecular weight is 305 g/mol. The molecule has 1 rings (SSSR count). The highest BCUT2D eigenvalue weighted by Gasteiger charge is 2.16. The molecular weight excluding hydrogens is 289 g/mol. The van der Waals surface area contributed by atoms with Gasteiger partial charge in [0.05, 0.1) is 0 Å². The van der Waals surface area contributed by atoms with Crippen molar-refractivity contribution in [1.82, 2.24) is 9.97 Å². The van der Waals surface area contributed by atoms with E-state index >= 15 is 0 Å². The predicted octanol–water partition coefficient (Wildman–Crippen LogP) is 3.07. The minimum atomic E-state index is 0.0710. The maximum Gasteiger partial charge on any atom is 0.223 e. The van der Waals surface area contributed by atoms with Gasteiger partial charge in [0.15, 0.2) is 0 Å². The van der Waals surface area contributed by atoms with Gasteiger partial charge in [-0.1, -0.05) is 13.3 Å². The summed E-state index contributed by atoms with van der Waals surface area (Å²) in [5.74, 6) is 0.712. The van der Waals surface area contributed by atoms with Crippen molar-refractivity contribution in [2.45, 2.75) is 39.2 Å². The first-order valence-corrected chi connectivity index (χ1v) is 5.87. The molecule has 3 nitrogen and oxygen atoms in total. The largest absolute Gasteiger partial charge is 0.349 e. The molecule has 0 atom stereocenters. The van der Waals surface area contributed by atoms with E-state index in [4.69, 9.17) is 0 Å². The lowest BCUT2D eigenvalue weighted by Crippen LogP contribution is -2.31. The molecule has 0 aliphatic rings. The number of anilines is 1. The van der Waals surface area contributed by atoms with Crippen LogP contribution in [0.5, 0.6) is 0 Å². The predicted molar refractivity (Wildman–Crippen MR) is 67.4 cm³/mol. The summed E-state index contributed by atoms with van der Waals surface area (Å²) in [6, 6.07) is 0. The van der Waals surface area contributed by atoms with E-state index in [0.717, 1.165) is 16.4 Å². The second-order valence-corrected chi connectivity index (χ2v) is 5.23. The van der Waals surface area contributed by atoms with Crippen LogP contribution in [0.3, 0.4) is 0 Å². The Morgan fingerprint density at radius 1 is 1.36 bits per heavy atom. The van der Waals surface area contributed by atoms with Crippen molar-refractivity contribution in [1.29, 1.82) is 0 Å². The maximum absolute atomic E-state index is 4.22. The Balaban J connectivity index is 2.64. The molecule has 14 heavy (non-hydrogen) atoms. The summed E-state index contributed by atoms with van der Waals surface area (Å²) in [6.45, 7) is 6.51. The van der Waals surface area contributed by atoms with Crippen LogP contribution in [-0.4, -0.2) is 15.5 Å². The minimum Gasteiger partial charge on any atom is -0.349 e. The lowest BCUT2D eigenvalue weighted by atomic mass is 9.99. The lowest BCUT2D eigenvalue weighted by Gasteiger charge is -2.25. The Kier molecular flexibility index (Phi) is 4.10. The van der Waals surface area contributed by atoms with Crippen molar-refractivity contribution in [3.8, 4) is 0 Å². The molecule has 1 heterocycles. The second-order valence-electron chi connectivity index (χ2n) is 3.98. The molecule has 0 fully saturated rings. The smallest absolute Gasteiger partial charge is 0.223 e. The molecule has 0 aliphatic heterocycles. The Morgan fingerprint density at radius 2 is 1.93 bits per heavy atom. The van der Waals surface area contributed by atoms with Gasteiger partial charge >= 0.3 is 0 Å². The molecule has 1 N–H and O–H groups in total. The Morgan fingerprint density at radius 3 is 2.43 bits per heavy atom. The van der Waals surface area contributed by atoms with E-state index in [0.29, 0.717) is 5.95 Å². The van der Waals surface area contributed by atoms with Crippen molar-refractivity contribution in [2.75, 3.05) is 5.32 Å². The Hall–Kier alpha value is -0.390. The maximum atomic E-state index is 4.22. The highest BCUT2D eigenvalue weighted by Crippen LogP contribution is 2.16. The normalized spacial score (nSPS) is 11.4. The van der Waals surface area contributed by atoms with Crippen molar-refractivity contribution >= 4 is 28.5 Å². The molecule has 0 unspecified atom stereocenters. The van der Waals surface area contributed by atoms with E-state index in [1.807, 2.05) is 12.4 Å². The summed E-state index contributed by atoms with van der Waals surface area (Å²) in [5, 5.41) is 3.32. The van der Waals surface area contributed by atoms with Gasteiger partial charge in [0.2, 0.25) is 5.95 Å². The first-order valence-electron chi connectivity index (χ1n) is 4.79. The summed E-state index contributed by atoms with van der Waals surface area (Å²) in [4.78, 5) is 8.43. The summed E-state index contributed by atoms with van der Waals surface area (Å²) >= 11 is 2.20. The van der Waals surface area contributed by atoms with Gasteiger partial charge in [0, 0.05) is 21.5 Å². The van der Waals surface area contributed by atoms with Gasteiger partial charge < -0.3 is 5.32 Å². The molecule has 4 heteroatoms. The van der Waals surface area contributed by atoms with E-state index in [2.05, 4.69) is 58.6 Å². The van der Waals surface area contributed by atoms with Gasteiger partial charge in [-0.25, -0.2) is 9.97 Å². The molecule has 78 valence electrons. The standard InChI is InChI=1S/C10H16IN3/c1-4-5-10(2,3)14-9-12-6-8(11)7-13-9/h6-7H,4-5H2,1-3H3,(H,12,13,14). The zero-order valence-corrected chi connectivity index (χ0v) is 11.0. The van der Waals surface area contributed by atoms with Crippen LogP contribution in [0.4, 0.5) is 5.95 Å². The van der Waals surface area contributed by atoms with Gasteiger partial charge in [-0.2, -0.15) is 0 Å². The Bertz CT molecular complexity index is 282. The lowest BCUT2D eigenvalue weighted by molar-refractivity contribution is 0.506. The van der Waals surface area contributed by atoms with Crippen molar-refractivity contribution in [3.63, 3.8) is 0 Å². The van der Waals surface area contributed by atoms with E-state index in [1.165, 1.54) is 0 Å². The SMILES string of the molecule is CCCC(C)(C)Nc1ncc(I)cn1. The van der Waals surface area contributed by atoms with Crippen LogP contribution in [0.25, 0.3) is 0 Å². The molecule has 0 radical (unpaired) electrons. The molecule has 0 aliphatic carbocycles. The van der Waals surface area contributed by atoms with Gasteiger partial charge in [-0.05, 0) is 42.9 Å². The molecule has 0 bridgehead atoms. The van der Waals surface area contributed by atoms with E-state index < -0.39 is 0 Å². The third-order valence-electron chi connectivity index (χ3n) is 1.95. The zero-order chi connectivity index (χ0) is 10.6. The number of hydrogen-bond donors (Lipinski definition) is 1. The van der Waals surface area contributed by atoms with Crippen LogP contribution >= 0.6 is 22.6 Å². The fourth-order valence-corrected chi connectivity index (χ4v) is 1.65. The third-order valence-corrected chi connectivity index (χ3v) is 2.50. The molecule has 0 saturated heterocycles. The number of nitrogens with zero attached hydrogens (tertiary/aromatic N) is 2. The molecule has 1 aromatic heterocycles. The molecule has 0 spiro atoms.